The van der Waals surface area contributed by atoms with Crippen LogP contribution in [0.25, 0.3) is 0 Å². The van der Waals surface area contributed by atoms with Gasteiger partial charge in [0, 0.05) is 20.1 Å². The molecule has 0 heterocycles. The van der Waals surface area contributed by atoms with E-state index in [1.807, 2.05) is 0 Å². The molecule has 1 unspecified atom stereocenters. The Morgan fingerprint density at radius 1 is 0.595 bits per heavy atom. The quantitative estimate of drug-likeness (QED) is 0.204. The number of carbonyl (C=O) groups is 3. The van der Waals surface area contributed by atoms with Gasteiger partial charge in [-0.2, -0.15) is 0 Å². The summed E-state index contributed by atoms with van der Waals surface area (Å²) in [4.78, 5) is 37.7. The molecule has 13 heteroatoms. The molecule has 7 nitrogen and oxygen atoms in total. The van der Waals surface area contributed by atoms with Crippen molar-refractivity contribution < 1.29 is 33.7 Å². The molecule has 3 aromatic carbocycles. The minimum absolute atomic E-state index is 0.0128. The number of esters is 3. The van der Waals surface area contributed by atoms with Gasteiger partial charge in [0.25, 0.3) is 0 Å². The topological polar surface area (TPSA) is 99.1 Å². The molecule has 37 heavy (non-hydrogen) atoms. The molecule has 0 amide bonds. The maximum Gasteiger partial charge on any atom is 0.338 e. The highest BCUT2D eigenvalue weighted by molar-refractivity contribution is 6.37. The van der Waals surface area contributed by atoms with Crippen LogP contribution in [-0.2, 0) is 14.2 Å². The number of benzene rings is 3. The van der Waals surface area contributed by atoms with Crippen molar-refractivity contribution in [1.82, 2.24) is 0 Å². The number of aromatic hydroxyl groups is 1. The fourth-order valence-corrected chi connectivity index (χ4v) is 4.41. The van der Waals surface area contributed by atoms with E-state index in [0.29, 0.717) is 0 Å². The number of halogens is 6. The summed E-state index contributed by atoms with van der Waals surface area (Å²) in [5.41, 5.74) is -0.0153. The molecule has 0 aliphatic carbocycles. The van der Waals surface area contributed by atoms with Gasteiger partial charge < -0.3 is 19.3 Å². The molecular weight excluding hydrogens is 613 g/mol. The third kappa shape index (κ3) is 8.30. The Morgan fingerprint density at radius 3 is 1.35 bits per heavy atom. The summed E-state index contributed by atoms with van der Waals surface area (Å²) in [6, 6.07) is 10.4. The van der Waals surface area contributed by atoms with Crippen molar-refractivity contribution >= 4 is 87.5 Å². The van der Waals surface area contributed by atoms with E-state index in [0.717, 1.165) is 12.1 Å². The van der Waals surface area contributed by atoms with E-state index in [4.69, 9.17) is 83.8 Å². The number of phenolic OH excluding ortho intramolecular Hbond substituents is 1. The predicted molar refractivity (Wildman–Crippen MR) is 141 cm³/mol. The molecule has 0 spiro atoms. The van der Waals surface area contributed by atoms with Gasteiger partial charge in [0.1, 0.15) is 13.2 Å². The molecule has 0 saturated carbocycles. The van der Waals surface area contributed by atoms with Gasteiger partial charge in [-0.3, -0.25) is 0 Å². The third-order valence-corrected chi connectivity index (χ3v) is 5.97. The lowest BCUT2D eigenvalue weighted by Gasteiger charge is -2.18. The van der Waals surface area contributed by atoms with Gasteiger partial charge in [-0.25, -0.2) is 14.4 Å². The maximum absolute atomic E-state index is 12.7. The lowest BCUT2D eigenvalue weighted by molar-refractivity contribution is -0.0253. The molecule has 0 saturated heterocycles. The van der Waals surface area contributed by atoms with Crippen molar-refractivity contribution in [3.8, 4) is 5.75 Å². The largest absolute Gasteiger partial charge is 0.505 e. The highest BCUT2D eigenvalue weighted by atomic mass is 35.5. The Morgan fingerprint density at radius 2 is 0.946 bits per heavy atom. The van der Waals surface area contributed by atoms with E-state index in [-0.39, 0.29) is 46.8 Å². The number of hydrogen-bond acceptors (Lipinski definition) is 7. The van der Waals surface area contributed by atoms with Crippen LogP contribution in [0.3, 0.4) is 0 Å². The van der Waals surface area contributed by atoms with Gasteiger partial charge in [0.05, 0.1) is 26.7 Å². The van der Waals surface area contributed by atoms with Gasteiger partial charge in [-0.05, 0) is 48.5 Å². The third-order valence-electron chi connectivity index (χ3n) is 4.52. The van der Waals surface area contributed by atoms with Crippen molar-refractivity contribution in [3.05, 3.63) is 95.4 Å². The van der Waals surface area contributed by atoms with E-state index in [1.165, 1.54) is 36.4 Å². The average molecular weight is 627 g/mol. The molecule has 0 aliphatic rings. The number of rotatable bonds is 8. The van der Waals surface area contributed by atoms with Gasteiger partial charge in [0.2, 0.25) is 0 Å². The average Bonchev–Trinajstić information content (AvgIpc) is 2.82. The van der Waals surface area contributed by atoms with Crippen LogP contribution in [0.2, 0.25) is 30.1 Å². The summed E-state index contributed by atoms with van der Waals surface area (Å²) < 4.78 is 15.8. The molecule has 0 aliphatic heterocycles. The number of phenols is 1. The fraction of sp³-hybridized carbons (Fsp3) is 0.125. The second-order valence-electron chi connectivity index (χ2n) is 7.33. The zero-order valence-electron chi connectivity index (χ0n) is 18.3. The molecule has 194 valence electrons. The second kappa shape index (κ2) is 12.9. The lowest BCUT2D eigenvalue weighted by Crippen LogP contribution is -2.31. The number of hydrogen-bond donors (Lipinski definition) is 1. The first-order valence-electron chi connectivity index (χ1n) is 10.1. The van der Waals surface area contributed by atoms with Crippen molar-refractivity contribution in [3.63, 3.8) is 0 Å². The van der Waals surface area contributed by atoms with Crippen molar-refractivity contribution in [1.29, 1.82) is 0 Å². The lowest BCUT2D eigenvalue weighted by atomic mass is 10.2. The second-order valence-corrected chi connectivity index (χ2v) is 9.89. The van der Waals surface area contributed by atoms with E-state index in [9.17, 15) is 19.5 Å². The standard InChI is InChI=1S/C24H14Cl6O7/c25-14-1-11(2-15(26)7-14)22(32)35-9-18(37-24(34)12-3-16(27)8-17(28)4-12)10-36-23(33)13-5-19(29)21(31)20(30)6-13/h1-8,18,31H,9-10H2. The van der Waals surface area contributed by atoms with Crippen LogP contribution in [0.1, 0.15) is 31.1 Å². The first-order chi connectivity index (χ1) is 17.4. The highest BCUT2D eigenvalue weighted by Gasteiger charge is 2.23. The van der Waals surface area contributed by atoms with E-state index in [2.05, 4.69) is 0 Å². The van der Waals surface area contributed by atoms with Crippen LogP contribution >= 0.6 is 69.6 Å². The zero-order chi connectivity index (χ0) is 27.3. The Bertz CT molecular complexity index is 1300. The number of carbonyl (C=O) groups excluding carboxylic acids is 3. The fourth-order valence-electron chi connectivity index (χ4n) is 2.87. The van der Waals surface area contributed by atoms with E-state index < -0.39 is 43.0 Å². The monoisotopic (exact) mass is 624 g/mol. The van der Waals surface area contributed by atoms with Crippen molar-refractivity contribution in [2.75, 3.05) is 13.2 Å². The zero-order valence-corrected chi connectivity index (χ0v) is 22.8. The molecule has 0 bridgehead atoms. The molecule has 0 fully saturated rings. The number of ether oxygens (including phenoxy) is 3. The molecule has 3 aromatic rings. The first-order valence-corrected chi connectivity index (χ1v) is 12.3. The summed E-state index contributed by atoms with van der Waals surface area (Å²) in [5, 5.41) is 10.1. The van der Waals surface area contributed by atoms with Crippen LogP contribution < -0.4 is 0 Å². The van der Waals surface area contributed by atoms with Gasteiger partial charge in [0.15, 0.2) is 11.9 Å². The Labute approximate surface area is 240 Å². The van der Waals surface area contributed by atoms with E-state index in [1.54, 1.807) is 0 Å². The Kier molecular flexibility index (Phi) is 10.2. The van der Waals surface area contributed by atoms with Crippen LogP contribution in [0.5, 0.6) is 5.75 Å². The SMILES string of the molecule is O=C(OCC(COC(=O)c1cc(Cl)c(O)c(Cl)c1)OC(=O)c1cc(Cl)cc(Cl)c1)c1cc(Cl)cc(Cl)c1. The van der Waals surface area contributed by atoms with Crippen LogP contribution in [0.15, 0.2) is 48.5 Å². The minimum atomic E-state index is -1.25. The maximum atomic E-state index is 12.7. The Balaban J connectivity index is 1.75. The van der Waals surface area contributed by atoms with E-state index >= 15 is 0 Å². The predicted octanol–water partition coefficient (Wildman–Crippen LogP) is 7.55. The van der Waals surface area contributed by atoms with Crippen molar-refractivity contribution in [2.24, 2.45) is 0 Å². The minimum Gasteiger partial charge on any atom is -0.505 e. The normalized spacial score (nSPS) is 11.5. The summed E-state index contributed by atoms with van der Waals surface area (Å²) in [6.45, 7) is -1.04. The summed E-state index contributed by atoms with van der Waals surface area (Å²) in [5.74, 6) is -2.99. The summed E-state index contributed by atoms with van der Waals surface area (Å²) in [7, 11) is 0. The smallest absolute Gasteiger partial charge is 0.338 e. The summed E-state index contributed by atoms with van der Waals surface area (Å²) in [6.07, 6.45) is -1.25. The van der Waals surface area contributed by atoms with Crippen molar-refractivity contribution in [2.45, 2.75) is 6.10 Å². The molecule has 0 aromatic heterocycles. The van der Waals surface area contributed by atoms with Gasteiger partial charge in [-0.1, -0.05) is 69.6 Å². The van der Waals surface area contributed by atoms with Crippen LogP contribution in [-0.4, -0.2) is 42.3 Å². The molecule has 3 rings (SSSR count). The van der Waals surface area contributed by atoms with Crippen LogP contribution in [0.4, 0.5) is 0 Å². The molecule has 1 atom stereocenters. The van der Waals surface area contributed by atoms with Gasteiger partial charge >= 0.3 is 17.9 Å². The van der Waals surface area contributed by atoms with Gasteiger partial charge in [-0.15, -0.1) is 0 Å². The highest BCUT2D eigenvalue weighted by Crippen LogP contribution is 2.33. The first kappa shape index (κ1) is 29.2. The Hall–Kier alpha value is -2.39. The van der Waals surface area contributed by atoms with Crippen LogP contribution in [0, 0.1) is 0 Å². The molecule has 0 radical (unpaired) electrons. The molecular formula is C24H14Cl6O7. The summed E-state index contributed by atoms with van der Waals surface area (Å²) >= 11 is 35.4. The molecule has 1 N–H and O–H groups in total.